The second-order valence-corrected chi connectivity index (χ2v) is 7.73. The van der Waals surface area contributed by atoms with Crippen molar-refractivity contribution in [3.8, 4) is 17.6 Å². The summed E-state index contributed by atoms with van der Waals surface area (Å²) in [7, 11) is 1.37. The molecule has 1 aliphatic heterocycles. The standard InChI is InChI=1S/C23H19F3N6O4/c1-32-20-16(9-7-14(27-20)8-10-17(33)23(24,25)26)36-12-15(22(32)35)28-21(34)19-29-18(30-31-19)11-13-5-3-2-4-6-13/h2-7,9,15,17,33H,11-12H2,1H3,(H,28,34)(H,29,30,31)/t15-,17?/m0/s1. The van der Waals surface area contributed by atoms with Gasteiger partial charge in [-0.15, -0.1) is 5.10 Å². The quantitative estimate of drug-likeness (QED) is 0.459. The van der Waals surface area contributed by atoms with Crippen LogP contribution in [0.1, 0.15) is 27.7 Å². The van der Waals surface area contributed by atoms with Crippen LogP contribution >= 0.6 is 0 Å². The highest BCUT2D eigenvalue weighted by Crippen LogP contribution is 2.28. The van der Waals surface area contributed by atoms with Crippen LogP contribution in [0.25, 0.3) is 0 Å². The molecule has 3 aromatic rings. The lowest BCUT2D eigenvalue weighted by Crippen LogP contribution is -2.49. The number of carbonyl (C=O) groups is 2. The topological polar surface area (TPSA) is 133 Å². The van der Waals surface area contributed by atoms with Crippen molar-refractivity contribution >= 4 is 17.6 Å². The maximum atomic E-state index is 12.9. The molecule has 0 saturated heterocycles. The number of aromatic nitrogens is 4. The molecule has 0 spiro atoms. The van der Waals surface area contributed by atoms with Gasteiger partial charge in [0.15, 0.2) is 11.6 Å². The van der Waals surface area contributed by atoms with Crippen molar-refractivity contribution in [1.29, 1.82) is 0 Å². The van der Waals surface area contributed by atoms with Gasteiger partial charge < -0.3 is 15.2 Å². The molecule has 2 aromatic heterocycles. The summed E-state index contributed by atoms with van der Waals surface area (Å²) >= 11 is 0. The summed E-state index contributed by atoms with van der Waals surface area (Å²) in [6.45, 7) is -0.233. The number of benzene rings is 1. The SMILES string of the molecule is CN1C(=O)[C@@H](NC(=O)c2n[nH]c(Cc3ccccc3)n2)COc2ccc(C#CC(O)C(F)(F)F)nc21. The number of nitrogens with one attached hydrogen (secondary N) is 2. The van der Waals surface area contributed by atoms with E-state index in [2.05, 4.69) is 31.4 Å². The Balaban J connectivity index is 1.45. The molecule has 2 atom stereocenters. The number of H-pyrrole nitrogens is 1. The van der Waals surface area contributed by atoms with E-state index in [9.17, 15) is 22.8 Å². The molecule has 0 aliphatic carbocycles. The van der Waals surface area contributed by atoms with Crippen LogP contribution in [0.3, 0.4) is 0 Å². The lowest BCUT2D eigenvalue weighted by molar-refractivity contribution is -0.184. The molecule has 186 valence electrons. The summed E-state index contributed by atoms with van der Waals surface area (Å²) in [5.41, 5.74) is 0.853. The van der Waals surface area contributed by atoms with Gasteiger partial charge in [-0.1, -0.05) is 36.3 Å². The van der Waals surface area contributed by atoms with E-state index in [0.717, 1.165) is 10.5 Å². The molecule has 3 N–H and O–H groups in total. The first kappa shape index (κ1) is 24.7. The van der Waals surface area contributed by atoms with E-state index in [0.29, 0.717) is 12.2 Å². The van der Waals surface area contributed by atoms with E-state index in [-0.39, 0.29) is 29.7 Å². The largest absolute Gasteiger partial charge is 0.487 e. The Bertz CT molecular complexity index is 1330. The van der Waals surface area contributed by atoms with Crippen LogP contribution < -0.4 is 15.0 Å². The van der Waals surface area contributed by atoms with Crippen molar-refractivity contribution in [1.82, 2.24) is 25.5 Å². The molecule has 1 unspecified atom stereocenters. The summed E-state index contributed by atoms with van der Waals surface area (Å²) in [6.07, 6.45) is -7.30. The number of alkyl halides is 3. The summed E-state index contributed by atoms with van der Waals surface area (Å²) in [5, 5.41) is 18.2. The number of hydrogen-bond donors (Lipinski definition) is 3. The third-order valence-corrected chi connectivity index (χ3v) is 5.09. The third-order valence-electron chi connectivity index (χ3n) is 5.09. The van der Waals surface area contributed by atoms with Crippen LogP contribution in [0.4, 0.5) is 19.0 Å². The van der Waals surface area contributed by atoms with E-state index in [1.807, 2.05) is 30.3 Å². The summed E-state index contributed by atoms with van der Waals surface area (Å²) in [6, 6.07) is 11.0. The number of rotatable bonds is 4. The van der Waals surface area contributed by atoms with Crippen LogP contribution in [0.15, 0.2) is 42.5 Å². The Hall–Kier alpha value is -4.44. The van der Waals surface area contributed by atoms with Gasteiger partial charge in [0.2, 0.25) is 11.9 Å². The Morgan fingerprint density at radius 3 is 2.75 bits per heavy atom. The highest BCUT2D eigenvalue weighted by atomic mass is 19.4. The Labute approximate surface area is 202 Å². The number of aromatic amines is 1. The summed E-state index contributed by atoms with van der Waals surface area (Å²) in [5.74, 6) is 2.96. The average molecular weight is 500 g/mol. The number of halogens is 3. The lowest BCUT2D eigenvalue weighted by atomic mass is 10.1. The lowest BCUT2D eigenvalue weighted by Gasteiger charge is -2.19. The minimum atomic E-state index is -4.90. The van der Waals surface area contributed by atoms with Crippen molar-refractivity contribution in [2.24, 2.45) is 0 Å². The first-order valence-electron chi connectivity index (χ1n) is 10.6. The maximum Gasteiger partial charge on any atom is 0.425 e. The molecule has 36 heavy (non-hydrogen) atoms. The average Bonchev–Trinajstić information content (AvgIpc) is 3.28. The number of aliphatic hydroxyl groups excluding tert-OH is 1. The molecule has 1 aliphatic rings. The highest BCUT2D eigenvalue weighted by Gasteiger charge is 2.37. The molecule has 0 radical (unpaired) electrons. The van der Waals surface area contributed by atoms with Gasteiger partial charge in [-0.2, -0.15) is 13.2 Å². The van der Waals surface area contributed by atoms with Crippen molar-refractivity contribution in [3.05, 3.63) is 65.4 Å². The number of aliphatic hydroxyl groups is 1. The molecule has 3 heterocycles. The van der Waals surface area contributed by atoms with E-state index in [1.165, 1.54) is 19.2 Å². The van der Waals surface area contributed by atoms with Gasteiger partial charge in [-0.25, -0.2) is 9.97 Å². The van der Waals surface area contributed by atoms with E-state index < -0.39 is 30.1 Å². The van der Waals surface area contributed by atoms with Gasteiger partial charge in [0.25, 0.3) is 11.8 Å². The number of anilines is 1. The third kappa shape index (κ3) is 5.61. The smallest absolute Gasteiger partial charge is 0.425 e. The van der Waals surface area contributed by atoms with Crippen molar-refractivity contribution in [2.45, 2.75) is 24.7 Å². The number of amides is 2. The van der Waals surface area contributed by atoms with Gasteiger partial charge in [0, 0.05) is 13.5 Å². The fourth-order valence-corrected chi connectivity index (χ4v) is 3.26. The zero-order valence-electron chi connectivity index (χ0n) is 18.7. The number of ether oxygens (including phenoxy) is 1. The second-order valence-electron chi connectivity index (χ2n) is 7.73. The van der Waals surface area contributed by atoms with Gasteiger partial charge in [-0.3, -0.25) is 19.6 Å². The fraction of sp³-hybridized carbons (Fsp3) is 0.261. The predicted octanol–water partition coefficient (Wildman–Crippen LogP) is 1.22. The number of carbonyl (C=O) groups excluding carboxylic acids is 2. The molecule has 2 amide bonds. The number of pyridine rings is 1. The van der Waals surface area contributed by atoms with Gasteiger partial charge in [-0.05, 0) is 23.6 Å². The minimum absolute atomic E-state index is 0.00640. The van der Waals surface area contributed by atoms with Gasteiger partial charge >= 0.3 is 6.18 Å². The van der Waals surface area contributed by atoms with Crippen molar-refractivity contribution in [3.63, 3.8) is 0 Å². The van der Waals surface area contributed by atoms with Crippen molar-refractivity contribution in [2.75, 3.05) is 18.6 Å². The van der Waals surface area contributed by atoms with Crippen LogP contribution in [0, 0.1) is 11.8 Å². The predicted molar refractivity (Wildman–Crippen MR) is 119 cm³/mol. The molecular weight excluding hydrogens is 481 g/mol. The molecule has 0 saturated carbocycles. The van der Waals surface area contributed by atoms with Crippen LogP contribution in [-0.4, -0.2) is 69.1 Å². The molecule has 1 aromatic carbocycles. The molecule has 0 bridgehead atoms. The van der Waals surface area contributed by atoms with Crippen LogP contribution in [-0.2, 0) is 11.2 Å². The molecule has 13 heteroatoms. The first-order valence-corrected chi connectivity index (χ1v) is 10.6. The summed E-state index contributed by atoms with van der Waals surface area (Å²) in [4.78, 5) is 34.9. The fourth-order valence-electron chi connectivity index (χ4n) is 3.26. The van der Waals surface area contributed by atoms with E-state index >= 15 is 0 Å². The molecule has 4 rings (SSSR count). The zero-order valence-corrected chi connectivity index (χ0v) is 18.7. The Kier molecular flexibility index (Phi) is 6.89. The Morgan fingerprint density at radius 2 is 2.03 bits per heavy atom. The maximum absolute atomic E-state index is 12.9. The molecule has 0 fully saturated rings. The zero-order chi connectivity index (χ0) is 25.9. The second kappa shape index (κ2) is 10.0. The monoisotopic (exact) mass is 500 g/mol. The number of nitrogens with zero attached hydrogens (tertiary/aromatic N) is 4. The molecule has 10 nitrogen and oxygen atoms in total. The van der Waals surface area contributed by atoms with E-state index in [1.54, 1.807) is 5.92 Å². The molecular formula is C23H19F3N6O4. The van der Waals surface area contributed by atoms with Crippen LogP contribution in [0.2, 0.25) is 0 Å². The Morgan fingerprint density at radius 1 is 1.28 bits per heavy atom. The highest BCUT2D eigenvalue weighted by molar-refractivity contribution is 6.01. The number of hydrogen-bond acceptors (Lipinski definition) is 7. The van der Waals surface area contributed by atoms with Crippen LogP contribution in [0.5, 0.6) is 5.75 Å². The number of likely N-dealkylation sites (N-methyl/N-ethyl adjacent to an activating group) is 1. The first-order chi connectivity index (χ1) is 17.1. The van der Waals surface area contributed by atoms with Gasteiger partial charge in [0.1, 0.15) is 24.2 Å². The minimum Gasteiger partial charge on any atom is -0.487 e. The van der Waals surface area contributed by atoms with Gasteiger partial charge in [0.05, 0.1) is 0 Å². The summed E-state index contributed by atoms with van der Waals surface area (Å²) < 4.78 is 43.0. The van der Waals surface area contributed by atoms with E-state index in [4.69, 9.17) is 9.84 Å². The number of fused-ring (bicyclic) bond motifs is 1. The van der Waals surface area contributed by atoms with Crippen molar-refractivity contribution < 1.29 is 32.6 Å². The normalized spacial score (nSPS) is 16.2.